The van der Waals surface area contributed by atoms with Crippen molar-refractivity contribution < 1.29 is 4.79 Å². The standard InChI is InChI=1S/C11H22ClNO/c1-3-5-6-11(14)13-9-10(4-2)7-8-12/h10H,3-9H2,1-2H3,(H,13,14). The Kier molecular flexibility index (Phi) is 9.16. The Morgan fingerprint density at radius 3 is 2.64 bits per heavy atom. The zero-order chi connectivity index (χ0) is 10.8. The first-order valence-electron chi connectivity index (χ1n) is 5.57. The van der Waals surface area contributed by atoms with Gasteiger partial charge in [-0.25, -0.2) is 0 Å². The van der Waals surface area contributed by atoms with E-state index in [1.54, 1.807) is 0 Å². The molecule has 2 nitrogen and oxygen atoms in total. The first-order chi connectivity index (χ1) is 6.74. The number of hydrogen-bond acceptors (Lipinski definition) is 1. The lowest BCUT2D eigenvalue weighted by molar-refractivity contribution is -0.121. The van der Waals surface area contributed by atoms with Gasteiger partial charge in [0.2, 0.25) is 5.91 Å². The summed E-state index contributed by atoms with van der Waals surface area (Å²) in [4.78, 5) is 11.3. The highest BCUT2D eigenvalue weighted by molar-refractivity contribution is 6.17. The van der Waals surface area contributed by atoms with E-state index in [1.807, 2.05) is 0 Å². The van der Waals surface area contributed by atoms with Gasteiger partial charge in [-0.05, 0) is 18.8 Å². The van der Waals surface area contributed by atoms with E-state index in [9.17, 15) is 4.79 Å². The van der Waals surface area contributed by atoms with Crippen molar-refractivity contribution in [3.8, 4) is 0 Å². The lowest BCUT2D eigenvalue weighted by Gasteiger charge is -2.13. The minimum absolute atomic E-state index is 0.180. The van der Waals surface area contributed by atoms with Crippen LogP contribution in [0.15, 0.2) is 0 Å². The number of hydrogen-bond donors (Lipinski definition) is 1. The molecule has 0 radical (unpaired) electrons. The number of carbonyl (C=O) groups is 1. The molecule has 0 aromatic rings. The third kappa shape index (κ3) is 7.19. The van der Waals surface area contributed by atoms with Crippen molar-refractivity contribution in [1.82, 2.24) is 5.32 Å². The zero-order valence-electron chi connectivity index (χ0n) is 9.31. The molecule has 0 aromatic carbocycles. The maximum atomic E-state index is 11.3. The van der Waals surface area contributed by atoms with Crippen molar-refractivity contribution in [2.45, 2.75) is 46.0 Å². The third-order valence-electron chi connectivity index (χ3n) is 2.44. The van der Waals surface area contributed by atoms with Gasteiger partial charge in [-0.1, -0.05) is 26.7 Å². The molecule has 0 saturated carbocycles. The van der Waals surface area contributed by atoms with E-state index < -0.39 is 0 Å². The first kappa shape index (κ1) is 13.8. The van der Waals surface area contributed by atoms with Crippen LogP contribution in [0.1, 0.15) is 46.0 Å². The van der Waals surface area contributed by atoms with E-state index in [1.165, 1.54) is 0 Å². The first-order valence-corrected chi connectivity index (χ1v) is 6.10. The van der Waals surface area contributed by atoms with Crippen molar-refractivity contribution in [3.05, 3.63) is 0 Å². The maximum Gasteiger partial charge on any atom is 0.220 e. The van der Waals surface area contributed by atoms with Crippen LogP contribution in [0.25, 0.3) is 0 Å². The average Bonchev–Trinajstić information content (AvgIpc) is 2.21. The molecule has 1 amide bonds. The topological polar surface area (TPSA) is 29.1 Å². The summed E-state index contributed by atoms with van der Waals surface area (Å²) in [6, 6.07) is 0. The van der Waals surface area contributed by atoms with Gasteiger partial charge in [-0.2, -0.15) is 0 Å². The smallest absolute Gasteiger partial charge is 0.220 e. The molecular weight excluding hydrogens is 198 g/mol. The molecule has 0 bridgehead atoms. The summed E-state index contributed by atoms with van der Waals surface area (Å²) in [6.07, 6.45) is 4.80. The predicted octanol–water partition coefficient (Wildman–Crippen LogP) is 2.95. The van der Waals surface area contributed by atoms with Crippen LogP contribution in [0, 0.1) is 5.92 Å². The van der Waals surface area contributed by atoms with Crippen molar-refractivity contribution in [1.29, 1.82) is 0 Å². The van der Waals surface area contributed by atoms with Crippen LogP contribution >= 0.6 is 11.6 Å². The molecule has 14 heavy (non-hydrogen) atoms. The van der Waals surface area contributed by atoms with E-state index in [-0.39, 0.29) is 5.91 Å². The van der Waals surface area contributed by atoms with Crippen molar-refractivity contribution in [2.24, 2.45) is 5.92 Å². The molecule has 0 aromatic heterocycles. The highest BCUT2D eigenvalue weighted by Crippen LogP contribution is 2.07. The van der Waals surface area contributed by atoms with Crippen LogP contribution in [0.2, 0.25) is 0 Å². The quantitative estimate of drug-likeness (QED) is 0.625. The Bertz CT molecular complexity index is 150. The Balaban J connectivity index is 3.52. The monoisotopic (exact) mass is 219 g/mol. The second-order valence-electron chi connectivity index (χ2n) is 3.66. The van der Waals surface area contributed by atoms with E-state index in [0.29, 0.717) is 18.2 Å². The van der Waals surface area contributed by atoms with Crippen LogP contribution in [0.4, 0.5) is 0 Å². The second-order valence-corrected chi connectivity index (χ2v) is 4.04. The van der Waals surface area contributed by atoms with Crippen molar-refractivity contribution in [2.75, 3.05) is 12.4 Å². The molecule has 1 atom stereocenters. The average molecular weight is 220 g/mol. The lowest BCUT2D eigenvalue weighted by atomic mass is 10.0. The van der Waals surface area contributed by atoms with Gasteiger partial charge in [-0.15, -0.1) is 11.6 Å². The van der Waals surface area contributed by atoms with Crippen LogP contribution < -0.4 is 5.32 Å². The van der Waals surface area contributed by atoms with Crippen molar-refractivity contribution >= 4 is 17.5 Å². The molecule has 84 valence electrons. The van der Waals surface area contributed by atoms with Crippen LogP contribution in [0.5, 0.6) is 0 Å². The summed E-state index contributed by atoms with van der Waals surface area (Å²) >= 11 is 5.66. The molecule has 0 fully saturated rings. The molecule has 1 unspecified atom stereocenters. The molecule has 0 saturated heterocycles. The fraction of sp³-hybridized carbons (Fsp3) is 0.909. The second kappa shape index (κ2) is 9.32. The summed E-state index contributed by atoms with van der Waals surface area (Å²) in [7, 11) is 0. The molecule has 1 N–H and O–H groups in total. The van der Waals surface area contributed by atoms with Gasteiger partial charge in [-0.3, -0.25) is 4.79 Å². The Labute approximate surface area is 92.4 Å². The van der Waals surface area contributed by atoms with Gasteiger partial charge in [0.15, 0.2) is 0 Å². The summed E-state index contributed by atoms with van der Waals surface area (Å²) in [6.45, 7) is 5.01. The number of nitrogens with one attached hydrogen (secondary N) is 1. The maximum absolute atomic E-state index is 11.3. The molecule has 0 aliphatic carbocycles. The molecule has 0 heterocycles. The largest absolute Gasteiger partial charge is 0.356 e. The molecule has 0 aliphatic rings. The zero-order valence-corrected chi connectivity index (χ0v) is 10.1. The Morgan fingerprint density at radius 1 is 1.43 bits per heavy atom. The molecule has 3 heteroatoms. The molecular formula is C11H22ClNO. The molecule has 0 spiro atoms. The summed E-state index contributed by atoms with van der Waals surface area (Å²) in [5.41, 5.74) is 0. The fourth-order valence-electron chi connectivity index (χ4n) is 1.29. The lowest BCUT2D eigenvalue weighted by Crippen LogP contribution is -2.29. The van der Waals surface area contributed by atoms with Gasteiger partial charge in [0.1, 0.15) is 0 Å². The highest BCUT2D eigenvalue weighted by Gasteiger charge is 2.07. The van der Waals surface area contributed by atoms with E-state index in [4.69, 9.17) is 11.6 Å². The minimum atomic E-state index is 0.180. The number of alkyl halides is 1. The number of unbranched alkanes of at least 4 members (excludes halogenated alkanes) is 1. The van der Waals surface area contributed by atoms with Gasteiger partial charge < -0.3 is 5.32 Å². The number of rotatable bonds is 8. The highest BCUT2D eigenvalue weighted by atomic mass is 35.5. The van der Waals surface area contributed by atoms with Crippen LogP contribution in [-0.4, -0.2) is 18.3 Å². The van der Waals surface area contributed by atoms with Crippen LogP contribution in [0.3, 0.4) is 0 Å². The van der Waals surface area contributed by atoms with Gasteiger partial charge in [0, 0.05) is 18.8 Å². The van der Waals surface area contributed by atoms with Gasteiger partial charge >= 0.3 is 0 Å². The molecule has 0 rings (SSSR count). The van der Waals surface area contributed by atoms with Crippen LogP contribution in [-0.2, 0) is 4.79 Å². The minimum Gasteiger partial charge on any atom is -0.356 e. The van der Waals surface area contributed by atoms with Gasteiger partial charge in [0.25, 0.3) is 0 Å². The number of carbonyl (C=O) groups excluding carboxylic acids is 1. The number of halogens is 1. The normalized spacial score (nSPS) is 12.5. The van der Waals surface area contributed by atoms with E-state index >= 15 is 0 Å². The van der Waals surface area contributed by atoms with Gasteiger partial charge in [0.05, 0.1) is 0 Å². The van der Waals surface area contributed by atoms with Crippen molar-refractivity contribution in [3.63, 3.8) is 0 Å². The SMILES string of the molecule is CCCCC(=O)NCC(CC)CCCl. The Morgan fingerprint density at radius 2 is 2.14 bits per heavy atom. The van der Waals surface area contributed by atoms with E-state index in [2.05, 4.69) is 19.2 Å². The Hall–Kier alpha value is -0.240. The summed E-state index contributed by atoms with van der Waals surface area (Å²) < 4.78 is 0. The number of amides is 1. The summed E-state index contributed by atoms with van der Waals surface area (Å²) in [5.74, 6) is 1.40. The fourth-order valence-corrected chi connectivity index (χ4v) is 1.60. The third-order valence-corrected chi connectivity index (χ3v) is 2.66. The predicted molar refractivity (Wildman–Crippen MR) is 61.7 cm³/mol. The molecule has 0 aliphatic heterocycles. The summed E-state index contributed by atoms with van der Waals surface area (Å²) in [5, 5.41) is 2.96. The van der Waals surface area contributed by atoms with E-state index in [0.717, 1.165) is 32.2 Å².